The molecular weight excluding hydrogens is 446 g/mol. The van der Waals surface area contributed by atoms with Crippen molar-refractivity contribution in [3.8, 4) is 11.4 Å². The van der Waals surface area contributed by atoms with Crippen molar-refractivity contribution >= 4 is 23.4 Å². The molecule has 0 aliphatic carbocycles. The molecule has 10 nitrogen and oxygen atoms in total. The second kappa shape index (κ2) is 10.0. The van der Waals surface area contributed by atoms with Gasteiger partial charge in [-0.05, 0) is 51.1 Å². The highest BCUT2D eigenvalue weighted by molar-refractivity contribution is 5.99. The first-order chi connectivity index (χ1) is 17.0. The fraction of sp³-hybridized carbons (Fsp3) is 0.440. The average molecular weight is 478 g/mol. The minimum Gasteiger partial charge on any atom is -0.377 e. The number of nitrogens with one attached hydrogen (secondary N) is 2. The van der Waals surface area contributed by atoms with Crippen LogP contribution in [0.2, 0.25) is 0 Å². The summed E-state index contributed by atoms with van der Waals surface area (Å²) in [6.45, 7) is 11.2. The third-order valence-electron chi connectivity index (χ3n) is 6.48. The largest absolute Gasteiger partial charge is 0.377 e. The Morgan fingerprint density at radius 1 is 1.17 bits per heavy atom. The second-order valence-electron chi connectivity index (χ2n) is 9.01. The van der Waals surface area contributed by atoms with Gasteiger partial charge in [0.25, 0.3) is 0 Å². The number of hydrogen-bond donors (Lipinski definition) is 2. The summed E-state index contributed by atoms with van der Waals surface area (Å²) in [5.74, 6) is 2.72. The SMILES string of the molecule is CCN1CCc2c(nc(-c3ccc(NC(=O)Nc4cc(C)on4)cc3)nc2N2CCOC[C@@H]2C)C1. The Hall–Kier alpha value is -3.50. The predicted molar refractivity (Wildman–Crippen MR) is 134 cm³/mol. The van der Waals surface area contributed by atoms with Crippen molar-refractivity contribution in [1.82, 2.24) is 20.0 Å². The van der Waals surface area contributed by atoms with Crippen molar-refractivity contribution in [3.05, 3.63) is 47.3 Å². The van der Waals surface area contributed by atoms with E-state index in [1.807, 2.05) is 24.3 Å². The molecule has 35 heavy (non-hydrogen) atoms. The summed E-state index contributed by atoms with van der Waals surface area (Å²) in [5.41, 5.74) is 3.91. The summed E-state index contributed by atoms with van der Waals surface area (Å²) in [7, 11) is 0. The topological polar surface area (TPSA) is 109 Å². The van der Waals surface area contributed by atoms with Gasteiger partial charge in [-0.25, -0.2) is 14.8 Å². The molecule has 1 atom stereocenters. The number of nitrogens with zero attached hydrogens (tertiary/aromatic N) is 5. The number of amides is 2. The average Bonchev–Trinajstić information content (AvgIpc) is 3.27. The number of morpholine rings is 1. The van der Waals surface area contributed by atoms with Gasteiger partial charge in [0.15, 0.2) is 11.6 Å². The zero-order valence-corrected chi connectivity index (χ0v) is 20.4. The Labute approximate surface area is 204 Å². The number of anilines is 3. The molecule has 0 bridgehead atoms. The lowest BCUT2D eigenvalue weighted by Crippen LogP contribution is -2.45. The van der Waals surface area contributed by atoms with Crippen molar-refractivity contribution in [2.75, 3.05) is 48.4 Å². The Morgan fingerprint density at radius 3 is 2.71 bits per heavy atom. The molecule has 0 radical (unpaired) electrons. The quantitative estimate of drug-likeness (QED) is 0.573. The van der Waals surface area contributed by atoms with E-state index in [1.165, 1.54) is 5.56 Å². The number of ether oxygens (including phenoxy) is 1. The molecule has 2 amide bonds. The number of rotatable bonds is 5. The first-order valence-corrected chi connectivity index (χ1v) is 12.1. The van der Waals surface area contributed by atoms with E-state index in [9.17, 15) is 4.79 Å². The zero-order chi connectivity index (χ0) is 24.4. The van der Waals surface area contributed by atoms with Crippen LogP contribution in [0.15, 0.2) is 34.9 Å². The molecule has 0 spiro atoms. The van der Waals surface area contributed by atoms with Gasteiger partial charge in [0.1, 0.15) is 11.6 Å². The van der Waals surface area contributed by atoms with Crippen molar-refractivity contribution in [1.29, 1.82) is 0 Å². The molecular formula is C25H31N7O3. The van der Waals surface area contributed by atoms with E-state index in [0.717, 1.165) is 49.7 Å². The number of aryl methyl sites for hydroxylation is 1. The van der Waals surface area contributed by atoms with Crippen LogP contribution in [0.5, 0.6) is 0 Å². The number of carbonyl (C=O) groups is 1. The zero-order valence-electron chi connectivity index (χ0n) is 20.4. The molecule has 0 saturated carbocycles. The summed E-state index contributed by atoms with van der Waals surface area (Å²) in [6, 6.07) is 9.10. The molecule has 2 aliphatic heterocycles. The van der Waals surface area contributed by atoms with Gasteiger partial charge >= 0.3 is 6.03 Å². The summed E-state index contributed by atoms with van der Waals surface area (Å²) in [6.07, 6.45) is 0.950. The molecule has 2 aromatic heterocycles. The summed E-state index contributed by atoms with van der Waals surface area (Å²) in [4.78, 5) is 27.1. The second-order valence-corrected chi connectivity index (χ2v) is 9.01. The summed E-state index contributed by atoms with van der Waals surface area (Å²) >= 11 is 0. The number of benzene rings is 1. The number of aromatic nitrogens is 3. The van der Waals surface area contributed by atoms with Crippen molar-refractivity contribution in [2.45, 2.75) is 39.8 Å². The molecule has 5 rings (SSSR count). The van der Waals surface area contributed by atoms with E-state index >= 15 is 0 Å². The summed E-state index contributed by atoms with van der Waals surface area (Å²) in [5, 5.41) is 9.23. The number of urea groups is 1. The molecule has 3 aromatic rings. The van der Waals surface area contributed by atoms with E-state index in [-0.39, 0.29) is 12.1 Å². The molecule has 2 aliphatic rings. The van der Waals surface area contributed by atoms with Crippen LogP contribution >= 0.6 is 0 Å². The number of likely N-dealkylation sites (N-methyl/N-ethyl adjacent to an activating group) is 1. The number of carbonyl (C=O) groups excluding carboxylic acids is 1. The maximum absolute atomic E-state index is 12.3. The van der Waals surface area contributed by atoms with Gasteiger partial charge in [0, 0.05) is 42.5 Å². The maximum Gasteiger partial charge on any atom is 0.324 e. The lowest BCUT2D eigenvalue weighted by atomic mass is 10.0. The van der Waals surface area contributed by atoms with Crippen LogP contribution in [0.4, 0.5) is 22.1 Å². The number of hydrogen-bond acceptors (Lipinski definition) is 8. The highest BCUT2D eigenvalue weighted by Crippen LogP contribution is 2.31. The molecule has 1 fully saturated rings. The molecule has 10 heteroatoms. The van der Waals surface area contributed by atoms with Crippen LogP contribution in [-0.4, -0.2) is 64.9 Å². The first kappa shape index (κ1) is 23.3. The monoisotopic (exact) mass is 477 g/mol. The fourth-order valence-electron chi connectivity index (χ4n) is 4.55. The summed E-state index contributed by atoms with van der Waals surface area (Å²) < 4.78 is 10.6. The Kier molecular flexibility index (Phi) is 6.65. The van der Waals surface area contributed by atoms with Gasteiger partial charge in [-0.1, -0.05) is 12.1 Å². The lowest BCUT2D eigenvalue weighted by Gasteiger charge is -2.37. The van der Waals surface area contributed by atoms with E-state index in [0.29, 0.717) is 36.3 Å². The Morgan fingerprint density at radius 2 is 2.00 bits per heavy atom. The smallest absolute Gasteiger partial charge is 0.324 e. The molecule has 184 valence electrons. The highest BCUT2D eigenvalue weighted by atomic mass is 16.5. The van der Waals surface area contributed by atoms with Crippen molar-refractivity contribution in [2.24, 2.45) is 0 Å². The van der Waals surface area contributed by atoms with Crippen LogP contribution in [0.3, 0.4) is 0 Å². The van der Waals surface area contributed by atoms with Crippen LogP contribution in [0.1, 0.15) is 30.9 Å². The van der Waals surface area contributed by atoms with E-state index in [1.54, 1.807) is 13.0 Å². The fourth-order valence-corrected chi connectivity index (χ4v) is 4.55. The van der Waals surface area contributed by atoms with Gasteiger partial charge in [-0.3, -0.25) is 10.2 Å². The molecule has 1 saturated heterocycles. The van der Waals surface area contributed by atoms with Gasteiger partial charge < -0.3 is 19.5 Å². The molecule has 0 unspecified atom stereocenters. The van der Waals surface area contributed by atoms with Gasteiger partial charge in [0.2, 0.25) is 0 Å². The van der Waals surface area contributed by atoms with Gasteiger partial charge in [-0.2, -0.15) is 0 Å². The maximum atomic E-state index is 12.3. The third-order valence-corrected chi connectivity index (χ3v) is 6.48. The normalized spacial score (nSPS) is 18.3. The standard InChI is InChI=1S/C25H31N7O3/c1-4-31-10-9-20-21(14-31)27-23(29-24(20)32-11-12-34-15-16(32)2)18-5-7-19(8-6-18)26-25(33)28-22-13-17(3)35-30-22/h5-8,13,16H,4,9-12,14-15H2,1-3H3,(H2,26,28,30,33)/t16-/m0/s1. The van der Waals surface area contributed by atoms with E-state index in [4.69, 9.17) is 19.2 Å². The Balaban J connectivity index is 1.39. The molecule has 1 aromatic carbocycles. The van der Waals surface area contributed by atoms with Gasteiger partial charge in [0.05, 0.1) is 24.9 Å². The van der Waals surface area contributed by atoms with E-state index in [2.05, 4.69) is 39.4 Å². The molecule has 2 N–H and O–H groups in total. The van der Waals surface area contributed by atoms with E-state index < -0.39 is 0 Å². The van der Waals surface area contributed by atoms with Crippen molar-refractivity contribution < 1.29 is 14.1 Å². The van der Waals surface area contributed by atoms with Crippen LogP contribution < -0.4 is 15.5 Å². The van der Waals surface area contributed by atoms with Crippen LogP contribution in [0, 0.1) is 6.92 Å². The van der Waals surface area contributed by atoms with Gasteiger partial charge in [-0.15, -0.1) is 0 Å². The van der Waals surface area contributed by atoms with Crippen LogP contribution in [0.25, 0.3) is 11.4 Å². The number of fused-ring (bicyclic) bond motifs is 1. The Bertz CT molecular complexity index is 1190. The van der Waals surface area contributed by atoms with Crippen LogP contribution in [-0.2, 0) is 17.7 Å². The predicted octanol–water partition coefficient (Wildman–Crippen LogP) is 3.69. The van der Waals surface area contributed by atoms with Crippen molar-refractivity contribution in [3.63, 3.8) is 0 Å². The minimum absolute atomic E-state index is 0.262. The first-order valence-electron chi connectivity index (χ1n) is 12.1. The molecule has 4 heterocycles. The minimum atomic E-state index is -0.390. The highest BCUT2D eigenvalue weighted by Gasteiger charge is 2.28. The third kappa shape index (κ3) is 5.13. The lowest BCUT2D eigenvalue weighted by molar-refractivity contribution is 0.0983.